The number of esters is 2. The minimum atomic E-state index is -2.08. The summed E-state index contributed by atoms with van der Waals surface area (Å²) < 4.78 is 9.08. The van der Waals surface area contributed by atoms with Crippen molar-refractivity contribution >= 4 is 17.6 Å². The predicted molar refractivity (Wildman–Crippen MR) is 73.1 cm³/mol. The smallest absolute Gasteiger partial charge is 0.331 e. The summed E-state index contributed by atoms with van der Waals surface area (Å²) in [7, 11) is 2.02. The molecule has 1 aliphatic rings. The van der Waals surface area contributed by atoms with Gasteiger partial charge in [-0.3, -0.25) is 29.8 Å². The van der Waals surface area contributed by atoms with Crippen LogP contribution in [-0.2, 0) is 19.1 Å². The van der Waals surface area contributed by atoms with Crippen LogP contribution in [0.25, 0.3) is 0 Å². The number of methoxy groups -OCH3 is 2. The van der Waals surface area contributed by atoms with Crippen LogP contribution in [0.15, 0.2) is 24.3 Å². The Morgan fingerprint density at radius 3 is 1.87 bits per heavy atom. The first-order valence-corrected chi connectivity index (χ1v) is 6.37. The van der Waals surface area contributed by atoms with E-state index in [1.54, 1.807) is 0 Å². The fraction of sp³-hybridized carbons (Fsp3) is 0.385. The van der Waals surface area contributed by atoms with Crippen molar-refractivity contribution in [2.45, 2.75) is 12.0 Å². The molecule has 10 nitrogen and oxygen atoms in total. The molecule has 0 unspecified atom stereocenters. The third-order valence-corrected chi connectivity index (χ3v) is 3.90. The van der Waals surface area contributed by atoms with Crippen molar-refractivity contribution in [3.8, 4) is 0 Å². The molecule has 1 saturated carbocycles. The van der Waals surface area contributed by atoms with Crippen molar-refractivity contribution in [1.29, 1.82) is 0 Å². The van der Waals surface area contributed by atoms with Gasteiger partial charge in [-0.1, -0.05) is 12.1 Å². The highest BCUT2D eigenvalue weighted by atomic mass is 16.6. The van der Waals surface area contributed by atoms with Crippen molar-refractivity contribution in [2.24, 2.45) is 5.41 Å². The van der Waals surface area contributed by atoms with Gasteiger partial charge in [-0.05, 0) is 5.56 Å². The molecule has 0 saturated heterocycles. The molecule has 23 heavy (non-hydrogen) atoms. The molecule has 0 aliphatic heterocycles. The first-order chi connectivity index (χ1) is 10.8. The lowest BCUT2D eigenvalue weighted by Crippen LogP contribution is -2.34. The van der Waals surface area contributed by atoms with E-state index in [0.29, 0.717) is 0 Å². The van der Waals surface area contributed by atoms with Crippen LogP contribution in [0.3, 0.4) is 0 Å². The molecule has 1 fully saturated rings. The lowest BCUT2D eigenvalue weighted by atomic mass is 9.99. The summed E-state index contributed by atoms with van der Waals surface area (Å²) >= 11 is 0. The van der Waals surface area contributed by atoms with Gasteiger partial charge >= 0.3 is 11.9 Å². The second-order valence-electron chi connectivity index (χ2n) is 4.91. The standard InChI is InChI=1S/C13H12N2O8/c1-22-11(16)13(12(17)23-2)9(10(13)15(20)21)7-3-5-8(6-4-7)14(18)19/h3-6,9-10H,1-2H3/t9-,10-/m1/s1. The highest BCUT2D eigenvalue weighted by Gasteiger charge is 2.85. The monoisotopic (exact) mass is 324 g/mol. The molecule has 1 aliphatic carbocycles. The van der Waals surface area contributed by atoms with Gasteiger partial charge in [-0.2, -0.15) is 0 Å². The first-order valence-electron chi connectivity index (χ1n) is 6.37. The molecule has 0 heterocycles. The van der Waals surface area contributed by atoms with Crippen LogP contribution in [0.1, 0.15) is 11.5 Å². The Labute approximate surface area is 129 Å². The van der Waals surface area contributed by atoms with Crippen molar-refractivity contribution in [3.63, 3.8) is 0 Å². The number of nitro benzene ring substituents is 1. The topological polar surface area (TPSA) is 139 Å². The predicted octanol–water partition coefficient (Wildman–Crippen LogP) is 0.670. The maximum atomic E-state index is 12.0. The molecule has 10 heteroatoms. The fourth-order valence-electron chi connectivity index (χ4n) is 2.82. The van der Waals surface area contributed by atoms with E-state index < -0.39 is 39.2 Å². The van der Waals surface area contributed by atoms with Crippen LogP contribution >= 0.6 is 0 Å². The van der Waals surface area contributed by atoms with Gasteiger partial charge in [0.15, 0.2) is 0 Å². The number of nitrogens with zero attached hydrogens (tertiary/aromatic N) is 2. The van der Waals surface area contributed by atoms with E-state index in [0.717, 1.165) is 26.4 Å². The SMILES string of the molecule is COC(=O)C1(C(=O)OC)[C@H](c2ccc([N+](=O)[O-])cc2)[C@H]1[N+](=O)[O-]. The normalized spacial score (nSPS) is 21.1. The van der Waals surface area contributed by atoms with Gasteiger partial charge in [-0.15, -0.1) is 0 Å². The van der Waals surface area contributed by atoms with Gasteiger partial charge in [0.05, 0.1) is 25.1 Å². The number of carbonyl (C=O) groups excluding carboxylic acids is 2. The van der Waals surface area contributed by atoms with Gasteiger partial charge in [0.2, 0.25) is 11.5 Å². The van der Waals surface area contributed by atoms with E-state index >= 15 is 0 Å². The van der Waals surface area contributed by atoms with Crippen LogP contribution in [0.2, 0.25) is 0 Å². The van der Waals surface area contributed by atoms with Crippen molar-refractivity contribution in [3.05, 3.63) is 50.1 Å². The zero-order chi connectivity index (χ0) is 17.4. The Kier molecular flexibility index (Phi) is 4.00. The van der Waals surface area contributed by atoms with Crippen LogP contribution in [-0.4, -0.2) is 42.0 Å². The van der Waals surface area contributed by atoms with Crippen molar-refractivity contribution in [2.75, 3.05) is 14.2 Å². The number of carbonyl (C=O) groups is 2. The van der Waals surface area contributed by atoms with Gasteiger partial charge in [0.25, 0.3) is 5.69 Å². The molecule has 0 bridgehead atoms. The second kappa shape index (κ2) is 5.63. The van der Waals surface area contributed by atoms with Crippen LogP contribution in [0.4, 0.5) is 5.69 Å². The second-order valence-corrected chi connectivity index (χ2v) is 4.91. The molecule has 0 spiro atoms. The summed E-state index contributed by atoms with van der Waals surface area (Å²) in [4.78, 5) is 44.6. The van der Waals surface area contributed by atoms with E-state index in [1.165, 1.54) is 12.1 Å². The number of ether oxygens (including phenoxy) is 2. The van der Waals surface area contributed by atoms with E-state index in [2.05, 4.69) is 9.47 Å². The van der Waals surface area contributed by atoms with Gasteiger partial charge in [-0.25, -0.2) is 0 Å². The van der Waals surface area contributed by atoms with Gasteiger partial charge in [0.1, 0.15) is 0 Å². The van der Waals surface area contributed by atoms with E-state index in [-0.39, 0.29) is 11.3 Å². The third kappa shape index (κ3) is 2.28. The van der Waals surface area contributed by atoms with Gasteiger partial charge in [0, 0.05) is 17.1 Å². The highest BCUT2D eigenvalue weighted by molar-refractivity contribution is 6.06. The molecule has 122 valence electrons. The summed E-state index contributed by atoms with van der Waals surface area (Å²) in [5.41, 5.74) is -2.05. The zero-order valence-electron chi connectivity index (χ0n) is 12.1. The van der Waals surface area contributed by atoms with Crippen LogP contribution in [0, 0.1) is 25.6 Å². The minimum absolute atomic E-state index is 0.214. The summed E-state index contributed by atoms with van der Waals surface area (Å²) in [5.74, 6) is -3.26. The average Bonchev–Trinajstić information content (AvgIpc) is 3.25. The fourth-order valence-corrected chi connectivity index (χ4v) is 2.82. The van der Waals surface area contributed by atoms with Crippen molar-refractivity contribution in [1.82, 2.24) is 0 Å². The number of nitro groups is 2. The molecule has 2 atom stereocenters. The van der Waals surface area contributed by atoms with Gasteiger partial charge < -0.3 is 9.47 Å². The van der Waals surface area contributed by atoms with E-state index in [4.69, 9.17) is 0 Å². The number of rotatable bonds is 5. The molecular weight excluding hydrogens is 312 g/mol. The lowest BCUT2D eigenvalue weighted by Gasteiger charge is -2.10. The van der Waals surface area contributed by atoms with E-state index in [9.17, 15) is 29.8 Å². The quantitative estimate of drug-likeness (QED) is 0.333. The largest absolute Gasteiger partial charge is 0.468 e. The highest BCUT2D eigenvalue weighted by Crippen LogP contribution is 2.62. The molecule has 1 aromatic rings. The summed E-state index contributed by atoms with van der Waals surface area (Å²) in [6.07, 6.45) is 0. The van der Waals surface area contributed by atoms with Crippen LogP contribution < -0.4 is 0 Å². The lowest BCUT2D eigenvalue weighted by molar-refractivity contribution is -0.501. The third-order valence-electron chi connectivity index (χ3n) is 3.90. The Balaban J connectivity index is 2.50. The number of hydrogen-bond donors (Lipinski definition) is 0. The number of benzene rings is 1. The number of hydrogen-bond acceptors (Lipinski definition) is 8. The van der Waals surface area contributed by atoms with Crippen LogP contribution in [0.5, 0.6) is 0 Å². The molecule has 1 aromatic carbocycles. The average molecular weight is 324 g/mol. The molecule has 0 aromatic heterocycles. The Bertz CT molecular complexity index is 668. The maximum absolute atomic E-state index is 12.0. The van der Waals surface area contributed by atoms with E-state index in [1.807, 2.05) is 0 Å². The number of non-ortho nitro benzene ring substituents is 1. The summed E-state index contributed by atoms with van der Waals surface area (Å²) in [6.45, 7) is 0. The Morgan fingerprint density at radius 2 is 1.52 bits per heavy atom. The first kappa shape index (κ1) is 16.3. The zero-order valence-corrected chi connectivity index (χ0v) is 12.1. The van der Waals surface area contributed by atoms with Crippen molar-refractivity contribution < 1.29 is 28.9 Å². The minimum Gasteiger partial charge on any atom is -0.468 e. The Morgan fingerprint density at radius 1 is 1.04 bits per heavy atom. The molecule has 0 N–H and O–H groups in total. The summed E-state index contributed by atoms with van der Waals surface area (Å²) in [6, 6.07) is 3.28. The summed E-state index contributed by atoms with van der Waals surface area (Å²) in [5, 5.41) is 21.9. The molecule has 0 amide bonds. The molecule has 0 radical (unpaired) electrons. The maximum Gasteiger partial charge on any atom is 0.331 e. The molecule has 2 rings (SSSR count). The Hall–Kier alpha value is -3.04. The molecular formula is C13H12N2O8.